The number of nitrogens with two attached hydrogens (primary N) is 1. The summed E-state index contributed by atoms with van der Waals surface area (Å²) >= 11 is 0. The van der Waals surface area contributed by atoms with Crippen molar-refractivity contribution in [1.29, 1.82) is 0 Å². The Balaban J connectivity index is 1.91. The molecule has 0 bridgehead atoms. The van der Waals surface area contributed by atoms with E-state index >= 15 is 0 Å². The number of anilines is 1. The normalized spacial score (nSPS) is 10.0. The lowest BCUT2D eigenvalue weighted by Gasteiger charge is -2.11. The highest BCUT2D eigenvalue weighted by Gasteiger charge is 2.08. The average Bonchev–Trinajstić information content (AvgIpc) is 2.57. The van der Waals surface area contributed by atoms with Crippen LogP contribution in [0.25, 0.3) is 0 Å². The van der Waals surface area contributed by atoms with Gasteiger partial charge in [-0.1, -0.05) is 12.1 Å². The third-order valence-electron chi connectivity index (χ3n) is 3.50. The third-order valence-corrected chi connectivity index (χ3v) is 3.50. The molecule has 0 aliphatic heterocycles. The van der Waals surface area contributed by atoms with E-state index in [4.69, 9.17) is 10.6 Å². The van der Waals surface area contributed by atoms with Crippen LogP contribution in [0.2, 0.25) is 0 Å². The molecule has 0 saturated carbocycles. The summed E-state index contributed by atoms with van der Waals surface area (Å²) in [6.07, 6.45) is 0. The Labute approximate surface area is 134 Å². The molecule has 23 heavy (non-hydrogen) atoms. The quantitative estimate of drug-likeness (QED) is 0.446. The van der Waals surface area contributed by atoms with Crippen molar-refractivity contribution in [2.45, 2.75) is 13.8 Å². The van der Waals surface area contributed by atoms with Gasteiger partial charge in [-0.25, -0.2) is 5.84 Å². The van der Waals surface area contributed by atoms with Crippen molar-refractivity contribution in [2.75, 3.05) is 11.9 Å². The molecule has 6 heteroatoms. The van der Waals surface area contributed by atoms with Crippen molar-refractivity contribution >= 4 is 17.5 Å². The minimum Gasteiger partial charge on any atom is -0.484 e. The van der Waals surface area contributed by atoms with Crippen molar-refractivity contribution in [3.63, 3.8) is 0 Å². The van der Waals surface area contributed by atoms with Crippen LogP contribution in [-0.2, 0) is 4.79 Å². The van der Waals surface area contributed by atoms with Gasteiger partial charge in [0.15, 0.2) is 6.61 Å². The van der Waals surface area contributed by atoms with Gasteiger partial charge in [-0.15, -0.1) is 0 Å². The zero-order valence-electron chi connectivity index (χ0n) is 13.1. The van der Waals surface area contributed by atoms with Gasteiger partial charge >= 0.3 is 0 Å². The zero-order valence-corrected chi connectivity index (χ0v) is 13.1. The Morgan fingerprint density at radius 3 is 2.43 bits per heavy atom. The molecule has 2 amide bonds. The molecule has 120 valence electrons. The first-order valence-corrected chi connectivity index (χ1v) is 7.11. The number of rotatable bonds is 5. The van der Waals surface area contributed by atoms with Crippen LogP contribution in [0.15, 0.2) is 42.5 Å². The monoisotopic (exact) mass is 313 g/mol. The second-order valence-corrected chi connectivity index (χ2v) is 5.08. The molecule has 6 nitrogen and oxygen atoms in total. The summed E-state index contributed by atoms with van der Waals surface area (Å²) in [5.41, 5.74) is 5.37. The van der Waals surface area contributed by atoms with Crippen LogP contribution >= 0.6 is 0 Å². The van der Waals surface area contributed by atoms with Crippen LogP contribution in [0.3, 0.4) is 0 Å². The SMILES string of the molecule is Cc1cccc(NC(=O)COc2ccc(C(=O)NN)cc2)c1C. The van der Waals surface area contributed by atoms with E-state index in [-0.39, 0.29) is 18.4 Å². The smallest absolute Gasteiger partial charge is 0.265 e. The van der Waals surface area contributed by atoms with Gasteiger partial charge in [0.1, 0.15) is 5.75 Å². The lowest BCUT2D eigenvalue weighted by molar-refractivity contribution is -0.118. The van der Waals surface area contributed by atoms with Gasteiger partial charge < -0.3 is 10.1 Å². The van der Waals surface area contributed by atoms with E-state index in [1.165, 1.54) is 0 Å². The van der Waals surface area contributed by atoms with Crippen molar-refractivity contribution in [3.05, 3.63) is 59.2 Å². The van der Waals surface area contributed by atoms with Gasteiger partial charge in [0.05, 0.1) is 0 Å². The highest BCUT2D eigenvalue weighted by atomic mass is 16.5. The number of ether oxygens (including phenoxy) is 1. The Bertz CT molecular complexity index is 712. The molecule has 0 saturated heterocycles. The molecular weight excluding hydrogens is 294 g/mol. The number of benzene rings is 2. The van der Waals surface area contributed by atoms with Crippen LogP contribution < -0.4 is 21.3 Å². The summed E-state index contributed by atoms with van der Waals surface area (Å²) < 4.78 is 5.40. The molecule has 0 aliphatic carbocycles. The van der Waals surface area contributed by atoms with E-state index in [1.54, 1.807) is 24.3 Å². The fraction of sp³-hybridized carbons (Fsp3) is 0.176. The number of hydrogen-bond acceptors (Lipinski definition) is 4. The van der Waals surface area contributed by atoms with E-state index in [2.05, 4.69) is 5.32 Å². The number of amides is 2. The second-order valence-electron chi connectivity index (χ2n) is 5.08. The summed E-state index contributed by atoms with van der Waals surface area (Å²) in [4.78, 5) is 23.3. The van der Waals surface area contributed by atoms with Gasteiger partial charge in [-0.05, 0) is 55.3 Å². The minimum atomic E-state index is -0.385. The predicted octanol–water partition coefficient (Wildman–Crippen LogP) is 1.92. The Morgan fingerprint density at radius 1 is 1.09 bits per heavy atom. The first-order valence-electron chi connectivity index (χ1n) is 7.11. The molecule has 0 radical (unpaired) electrons. The van der Waals surface area contributed by atoms with Crippen molar-refractivity contribution < 1.29 is 14.3 Å². The molecule has 0 heterocycles. The maximum absolute atomic E-state index is 12.0. The van der Waals surface area contributed by atoms with Gasteiger partial charge in [-0.2, -0.15) is 0 Å². The van der Waals surface area contributed by atoms with Crippen molar-refractivity contribution in [1.82, 2.24) is 5.43 Å². The van der Waals surface area contributed by atoms with E-state index in [9.17, 15) is 9.59 Å². The standard InChI is InChI=1S/C17H19N3O3/c1-11-4-3-5-15(12(11)2)19-16(21)10-23-14-8-6-13(7-9-14)17(22)20-18/h3-9H,10,18H2,1-2H3,(H,19,21)(H,20,22). The fourth-order valence-electron chi connectivity index (χ4n) is 2.01. The van der Waals surface area contributed by atoms with Crippen molar-refractivity contribution in [2.24, 2.45) is 5.84 Å². The molecule has 0 aromatic heterocycles. The van der Waals surface area contributed by atoms with Gasteiger partial charge in [0.25, 0.3) is 11.8 Å². The topological polar surface area (TPSA) is 93.4 Å². The van der Waals surface area contributed by atoms with E-state index in [1.807, 2.05) is 37.5 Å². The molecule has 2 aromatic carbocycles. The number of hydrazine groups is 1. The summed E-state index contributed by atoms with van der Waals surface area (Å²) in [5, 5.41) is 2.82. The number of hydrogen-bond donors (Lipinski definition) is 3. The van der Waals surface area contributed by atoms with Crippen LogP contribution in [-0.4, -0.2) is 18.4 Å². The summed E-state index contributed by atoms with van der Waals surface area (Å²) in [6.45, 7) is 3.82. The number of nitrogen functional groups attached to an aromatic ring is 1. The van der Waals surface area contributed by atoms with E-state index < -0.39 is 0 Å². The Morgan fingerprint density at radius 2 is 1.78 bits per heavy atom. The molecular formula is C17H19N3O3. The second kappa shape index (κ2) is 7.42. The number of nitrogens with one attached hydrogen (secondary N) is 2. The first-order chi connectivity index (χ1) is 11.0. The van der Waals surface area contributed by atoms with Gasteiger partial charge in [-0.3, -0.25) is 15.0 Å². The summed E-state index contributed by atoms with van der Waals surface area (Å²) in [7, 11) is 0. The van der Waals surface area contributed by atoms with Crippen molar-refractivity contribution in [3.8, 4) is 5.75 Å². The lowest BCUT2D eigenvalue weighted by Crippen LogP contribution is -2.29. The number of aryl methyl sites for hydroxylation is 1. The molecule has 0 unspecified atom stereocenters. The zero-order chi connectivity index (χ0) is 16.8. The minimum absolute atomic E-state index is 0.115. The van der Waals surface area contributed by atoms with Gasteiger partial charge in [0.2, 0.25) is 0 Å². The Kier molecular flexibility index (Phi) is 5.32. The van der Waals surface area contributed by atoms with Crippen LogP contribution in [0.4, 0.5) is 5.69 Å². The molecule has 0 aliphatic rings. The number of carbonyl (C=O) groups excluding carboxylic acids is 2. The van der Waals surface area contributed by atoms with E-state index in [0.717, 1.165) is 16.8 Å². The van der Waals surface area contributed by atoms with Crippen LogP contribution in [0.5, 0.6) is 5.75 Å². The molecule has 2 aromatic rings. The summed E-state index contributed by atoms with van der Waals surface area (Å²) in [5.74, 6) is 4.92. The molecule has 2 rings (SSSR count). The third kappa shape index (κ3) is 4.31. The average molecular weight is 313 g/mol. The van der Waals surface area contributed by atoms with Gasteiger partial charge in [0, 0.05) is 11.3 Å². The maximum Gasteiger partial charge on any atom is 0.265 e. The highest BCUT2D eigenvalue weighted by Crippen LogP contribution is 2.18. The van der Waals surface area contributed by atoms with Crippen LogP contribution in [0, 0.1) is 13.8 Å². The highest BCUT2D eigenvalue weighted by molar-refractivity contribution is 5.94. The molecule has 0 atom stereocenters. The van der Waals surface area contributed by atoms with E-state index in [0.29, 0.717) is 11.3 Å². The number of carbonyl (C=O) groups is 2. The molecule has 0 spiro atoms. The first kappa shape index (κ1) is 16.5. The largest absolute Gasteiger partial charge is 0.484 e. The fourth-order valence-corrected chi connectivity index (χ4v) is 2.01. The maximum atomic E-state index is 12.0. The summed E-state index contributed by atoms with van der Waals surface area (Å²) in [6, 6.07) is 12.1. The Hall–Kier alpha value is -2.86. The van der Waals surface area contributed by atoms with Crippen LogP contribution in [0.1, 0.15) is 21.5 Å². The molecule has 4 N–H and O–H groups in total. The molecule has 0 fully saturated rings. The lowest BCUT2D eigenvalue weighted by atomic mass is 10.1. The predicted molar refractivity (Wildman–Crippen MR) is 88.1 cm³/mol.